The fourth-order valence-electron chi connectivity index (χ4n) is 4.62. The van der Waals surface area contributed by atoms with E-state index >= 15 is 0 Å². The number of nitrogens with zero attached hydrogens (tertiary/aromatic N) is 2. The van der Waals surface area contributed by atoms with Crippen molar-refractivity contribution >= 4 is 27.3 Å². The maximum atomic E-state index is 13.2. The normalized spacial score (nSPS) is 17.4. The van der Waals surface area contributed by atoms with Crippen molar-refractivity contribution in [3.05, 3.63) is 47.5 Å². The van der Waals surface area contributed by atoms with Crippen LogP contribution in [0.5, 0.6) is 5.75 Å². The summed E-state index contributed by atoms with van der Waals surface area (Å²) in [5.74, 6) is 0.600. The first-order valence-electron chi connectivity index (χ1n) is 11.0. The topological polar surface area (TPSA) is 79.0 Å². The van der Waals surface area contributed by atoms with Gasteiger partial charge in [0, 0.05) is 30.7 Å². The number of rotatable bonds is 6. The van der Waals surface area contributed by atoms with Crippen molar-refractivity contribution in [2.24, 2.45) is 0 Å². The molecule has 0 aromatic heterocycles. The zero-order valence-electron chi connectivity index (χ0n) is 19.1. The predicted octanol–water partition coefficient (Wildman–Crippen LogP) is 3.52. The maximum Gasteiger partial charge on any atom is 0.262 e. The second kappa shape index (κ2) is 8.31. The second-order valence-electron chi connectivity index (χ2n) is 9.32. The van der Waals surface area contributed by atoms with Crippen molar-refractivity contribution in [1.29, 1.82) is 0 Å². The molecule has 1 amide bonds. The van der Waals surface area contributed by atoms with Crippen LogP contribution in [0.4, 0.5) is 11.4 Å². The van der Waals surface area contributed by atoms with Crippen LogP contribution >= 0.6 is 0 Å². The summed E-state index contributed by atoms with van der Waals surface area (Å²) in [5.41, 5.74) is 2.93. The van der Waals surface area contributed by atoms with Crippen molar-refractivity contribution in [3.63, 3.8) is 0 Å². The van der Waals surface area contributed by atoms with Crippen LogP contribution in [0.2, 0.25) is 0 Å². The van der Waals surface area contributed by atoms with E-state index < -0.39 is 10.0 Å². The molecule has 1 saturated heterocycles. The number of anilines is 2. The monoisotopic (exact) mass is 457 g/mol. The van der Waals surface area contributed by atoms with E-state index in [-0.39, 0.29) is 16.2 Å². The van der Waals surface area contributed by atoms with E-state index in [1.54, 1.807) is 24.3 Å². The van der Waals surface area contributed by atoms with Crippen LogP contribution in [0.3, 0.4) is 0 Å². The molecule has 172 valence electrons. The van der Waals surface area contributed by atoms with Crippen LogP contribution in [0, 0.1) is 6.92 Å². The first kappa shape index (κ1) is 22.5. The van der Waals surface area contributed by atoms with Gasteiger partial charge in [-0.05, 0) is 61.2 Å². The lowest BCUT2D eigenvalue weighted by molar-refractivity contribution is -0.128. The van der Waals surface area contributed by atoms with Crippen LogP contribution in [-0.2, 0) is 20.2 Å². The van der Waals surface area contributed by atoms with Gasteiger partial charge < -0.3 is 14.5 Å². The summed E-state index contributed by atoms with van der Waals surface area (Å²) in [7, 11) is -2.30. The third-order valence-corrected chi connectivity index (χ3v) is 7.68. The molecule has 2 aliphatic heterocycles. The van der Waals surface area contributed by atoms with Crippen LogP contribution in [-0.4, -0.2) is 52.5 Å². The predicted molar refractivity (Wildman–Crippen MR) is 126 cm³/mol. The van der Waals surface area contributed by atoms with Gasteiger partial charge in [0.1, 0.15) is 5.75 Å². The Kier molecular flexibility index (Phi) is 5.83. The smallest absolute Gasteiger partial charge is 0.262 e. The lowest BCUT2D eigenvalue weighted by Gasteiger charge is -2.24. The van der Waals surface area contributed by atoms with Crippen molar-refractivity contribution < 1.29 is 17.9 Å². The largest absolute Gasteiger partial charge is 0.495 e. The molecule has 8 heteroatoms. The number of amides is 1. The van der Waals surface area contributed by atoms with E-state index in [1.165, 1.54) is 7.11 Å². The Balaban J connectivity index is 1.61. The molecule has 0 saturated carbocycles. The number of methoxy groups -OCH3 is 1. The summed E-state index contributed by atoms with van der Waals surface area (Å²) >= 11 is 0. The van der Waals surface area contributed by atoms with Crippen molar-refractivity contribution in [1.82, 2.24) is 4.90 Å². The molecule has 1 fully saturated rings. The molecule has 7 nitrogen and oxygen atoms in total. The number of likely N-dealkylation sites (tertiary alicyclic amines) is 1. The highest BCUT2D eigenvalue weighted by Gasteiger charge is 2.37. The molecule has 2 aromatic carbocycles. The lowest BCUT2D eigenvalue weighted by Crippen LogP contribution is -2.40. The Morgan fingerprint density at radius 1 is 1.12 bits per heavy atom. The third-order valence-electron chi connectivity index (χ3n) is 6.32. The minimum absolute atomic E-state index is 0.135. The van der Waals surface area contributed by atoms with E-state index in [2.05, 4.69) is 23.5 Å². The number of hydrogen-bond acceptors (Lipinski definition) is 5. The van der Waals surface area contributed by atoms with Crippen molar-refractivity contribution in [2.75, 3.05) is 42.9 Å². The summed E-state index contributed by atoms with van der Waals surface area (Å²) < 4.78 is 34.3. The second-order valence-corrected chi connectivity index (χ2v) is 11.0. The van der Waals surface area contributed by atoms with E-state index in [0.29, 0.717) is 24.5 Å². The Morgan fingerprint density at radius 3 is 2.53 bits per heavy atom. The van der Waals surface area contributed by atoms with Crippen molar-refractivity contribution in [2.45, 2.75) is 43.9 Å². The average molecular weight is 458 g/mol. The molecule has 0 atom stereocenters. The molecule has 2 heterocycles. The van der Waals surface area contributed by atoms with Gasteiger partial charge in [-0.2, -0.15) is 0 Å². The van der Waals surface area contributed by atoms with Gasteiger partial charge in [0.2, 0.25) is 5.91 Å². The molecule has 1 N–H and O–H groups in total. The van der Waals surface area contributed by atoms with Gasteiger partial charge in [0.25, 0.3) is 10.0 Å². The number of hydrogen-bond donors (Lipinski definition) is 1. The number of sulfonamides is 1. The molecule has 0 bridgehead atoms. The molecule has 32 heavy (non-hydrogen) atoms. The molecule has 0 radical (unpaired) electrons. The van der Waals surface area contributed by atoms with E-state index in [0.717, 1.165) is 42.7 Å². The molecule has 2 aliphatic rings. The van der Waals surface area contributed by atoms with Gasteiger partial charge in [-0.15, -0.1) is 0 Å². The molecule has 0 aliphatic carbocycles. The van der Waals surface area contributed by atoms with Crippen LogP contribution < -0.4 is 14.4 Å². The number of carbonyl (C=O) groups is 1. The Hall–Kier alpha value is -2.74. The summed E-state index contributed by atoms with van der Waals surface area (Å²) in [5, 5.41) is 0. The van der Waals surface area contributed by atoms with Gasteiger partial charge in [0.05, 0.1) is 24.2 Å². The van der Waals surface area contributed by atoms with Crippen LogP contribution in [0.25, 0.3) is 0 Å². The van der Waals surface area contributed by atoms with Crippen LogP contribution in [0.15, 0.2) is 41.3 Å². The highest BCUT2D eigenvalue weighted by Crippen LogP contribution is 2.42. The number of ether oxygens (including phenoxy) is 1. The summed E-state index contributed by atoms with van der Waals surface area (Å²) in [6.07, 6.45) is 2.13. The minimum Gasteiger partial charge on any atom is -0.495 e. The highest BCUT2D eigenvalue weighted by atomic mass is 32.2. The van der Waals surface area contributed by atoms with E-state index in [1.807, 2.05) is 24.0 Å². The van der Waals surface area contributed by atoms with Gasteiger partial charge in [-0.25, -0.2) is 8.42 Å². The Morgan fingerprint density at radius 2 is 1.84 bits per heavy atom. The van der Waals surface area contributed by atoms with Crippen molar-refractivity contribution in [3.8, 4) is 5.75 Å². The summed E-state index contributed by atoms with van der Waals surface area (Å²) in [6, 6.07) is 10.5. The molecule has 0 spiro atoms. The number of aryl methyl sites for hydroxylation is 1. The highest BCUT2D eigenvalue weighted by molar-refractivity contribution is 7.92. The summed E-state index contributed by atoms with van der Waals surface area (Å²) in [6.45, 7) is 8.71. The SMILES string of the molecule is COc1ccc(C)cc1NS(=O)(=O)c1ccc2c(c1)C(C)(C)CN2CC(=O)N1CCCC1. The van der Waals surface area contributed by atoms with Gasteiger partial charge in [-0.3, -0.25) is 9.52 Å². The van der Waals surface area contributed by atoms with E-state index in [9.17, 15) is 13.2 Å². The fourth-order valence-corrected chi connectivity index (χ4v) is 5.71. The minimum atomic E-state index is -3.81. The molecule has 0 unspecified atom stereocenters. The fraction of sp³-hybridized carbons (Fsp3) is 0.458. The first-order valence-corrected chi connectivity index (χ1v) is 12.4. The average Bonchev–Trinajstić information content (AvgIpc) is 3.35. The number of benzene rings is 2. The third kappa shape index (κ3) is 4.28. The van der Waals surface area contributed by atoms with E-state index in [4.69, 9.17) is 4.74 Å². The number of nitrogens with one attached hydrogen (secondary N) is 1. The maximum absolute atomic E-state index is 13.2. The standard InChI is InChI=1S/C24H31N3O4S/c1-17-7-10-22(31-4)20(13-17)25-32(29,30)18-8-9-21-19(14-18)24(2,3)16-27(21)15-23(28)26-11-5-6-12-26/h7-10,13-14,25H,5-6,11-12,15-16H2,1-4H3. The molecular formula is C24H31N3O4S. The quantitative estimate of drug-likeness (QED) is 0.718. The van der Waals surface area contributed by atoms with Crippen LogP contribution in [0.1, 0.15) is 37.8 Å². The summed E-state index contributed by atoms with van der Waals surface area (Å²) in [4.78, 5) is 16.9. The number of carbonyl (C=O) groups excluding carboxylic acids is 1. The Labute approximate surface area is 190 Å². The Bertz CT molecular complexity index is 1140. The zero-order chi connectivity index (χ0) is 23.1. The molecular weight excluding hydrogens is 426 g/mol. The lowest BCUT2D eigenvalue weighted by atomic mass is 9.87. The first-order chi connectivity index (χ1) is 15.1. The van der Waals surface area contributed by atoms with Gasteiger partial charge >= 0.3 is 0 Å². The zero-order valence-corrected chi connectivity index (χ0v) is 20.0. The molecule has 2 aromatic rings. The van der Waals surface area contributed by atoms with Gasteiger partial charge in [0.15, 0.2) is 0 Å². The number of fused-ring (bicyclic) bond motifs is 1. The molecule has 4 rings (SSSR count). The van der Waals surface area contributed by atoms with Gasteiger partial charge in [-0.1, -0.05) is 19.9 Å².